The van der Waals surface area contributed by atoms with Gasteiger partial charge in [0.05, 0.1) is 18.1 Å². The van der Waals surface area contributed by atoms with Gasteiger partial charge in [-0.15, -0.1) is 22.7 Å². The molecular weight excluding hydrogens is 512 g/mol. The maximum Gasteiger partial charge on any atom is 0.309 e. The van der Waals surface area contributed by atoms with Crippen molar-refractivity contribution < 1.29 is 24.2 Å². The second kappa shape index (κ2) is 9.54. The first-order valence-corrected chi connectivity index (χ1v) is 12.8. The lowest BCUT2D eigenvalue weighted by Crippen LogP contribution is -2.32. The largest absolute Gasteiger partial charge is 0.511 e. The van der Waals surface area contributed by atoms with Crippen LogP contribution in [0.15, 0.2) is 30.5 Å². The smallest absolute Gasteiger partial charge is 0.309 e. The zero-order chi connectivity index (χ0) is 26.5. The third-order valence-electron chi connectivity index (χ3n) is 6.08. The number of ether oxygens (including phenoxy) is 1. The summed E-state index contributed by atoms with van der Waals surface area (Å²) >= 11 is 1.84. The van der Waals surface area contributed by atoms with E-state index < -0.39 is 45.7 Å². The number of hydrogen-bond acceptors (Lipinski definition) is 11. The molecule has 2 saturated carbocycles. The zero-order valence-electron chi connectivity index (χ0n) is 19.6. The average molecular weight is 535 g/mol. The molecule has 2 aliphatic carbocycles. The van der Waals surface area contributed by atoms with E-state index in [0.717, 1.165) is 44.6 Å². The van der Waals surface area contributed by atoms with Gasteiger partial charge in [0.2, 0.25) is 0 Å². The monoisotopic (exact) mass is 534 g/mol. The Hall–Kier alpha value is -3.45. The van der Waals surface area contributed by atoms with Crippen LogP contribution in [0.2, 0.25) is 0 Å². The summed E-state index contributed by atoms with van der Waals surface area (Å²) in [5.74, 6) is -2.19. The Bertz CT molecular complexity index is 1510. The van der Waals surface area contributed by atoms with Crippen LogP contribution in [0.25, 0.3) is 18.8 Å². The molecule has 1 N–H and O–H groups in total. The molecule has 0 saturated heterocycles. The Kier molecular flexibility index (Phi) is 6.80. The number of carbonyl (C=O) groups is 3. The minimum atomic E-state index is -0.694. The van der Waals surface area contributed by atoms with Crippen LogP contribution in [0.1, 0.15) is 32.6 Å². The lowest BCUT2D eigenvalue weighted by Gasteiger charge is -2.21. The summed E-state index contributed by atoms with van der Waals surface area (Å²) in [6.45, 7) is 1.91. The lowest BCUT2D eigenvalue weighted by atomic mass is 9.82. The van der Waals surface area contributed by atoms with E-state index in [-0.39, 0.29) is 55.5 Å². The van der Waals surface area contributed by atoms with Crippen molar-refractivity contribution in [3.63, 3.8) is 0 Å². The number of rotatable bonds is 3. The molecule has 2 aliphatic rings. The normalized spacial score (nSPS) is 17.9. The topological polar surface area (TPSA) is 159 Å². The van der Waals surface area contributed by atoms with Crippen molar-refractivity contribution >= 4 is 59.0 Å². The number of fused-ring (bicyclic) bond motifs is 2. The minimum Gasteiger partial charge on any atom is -0.511 e. The average Bonchev–Trinajstić information content (AvgIpc) is 3.65. The number of hydrogen-bond donors (Lipinski definition) is 1. The van der Waals surface area contributed by atoms with Crippen LogP contribution in [0.3, 0.4) is 0 Å². The van der Waals surface area contributed by atoms with Gasteiger partial charge in [-0.05, 0) is 19.8 Å². The fraction of sp³-hybridized carbons (Fsp3) is 0.435. The summed E-state index contributed by atoms with van der Waals surface area (Å²) in [5, 5.41) is 9.80. The van der Waals surface area contributed by atoms with E-state index in [1.807, 2.05) is 0 Å². The van der Waals surface area contributed by atoms with Gasteiger partial charge in [0.15, 0.2) is 11.6 Å². The second-order valence-corrected chi connectivity index (χ2v) is 10.6. The molecule has 11 nitrogen and oxygen atoms in total. The van der Waals surface area contributed by atoms with Crippen LogP contribution in [0.4, 0.5) is 0 Å². The quantitative estimate of drug-likeness (QED) is 0.224. The molecule has 3 aromatic rings. The van der Waals surface area contributed by atoms with Gasteiger partial charge in [-0.1, -0.05) is 0 Å². The van der Waals surface area contributed by atoms with Crippen molar-refractivity contribution in [2.24, 2.45) is 25.9 Å². The lowest BCUT2D eigenvalue weighted by molar-refractivity contribution is -0.151. The number of esters is 1. The third kappa shape index (κ3) is 4.32. The molecule has 0 spiro atoms. The maximum absolute atomic E-state index is 11.9. The van der Waals surface area contributed by atoms with Crippen LogP contribution in [-0.4, -0.2) is 38.4 Å². The van der Waals surface area contributed by atoms with Gasteiger partial charge >= 0.3 is 5.97 Å². The molecule has 190 valence electrons. The predicted molar refractivity (Wildman–Crippen MR) is 133 cm³/mol. The number of carbonyl (C=O) groups excluding carboxylic acids is 3. The molecule has 0 amide bonds. The number of aliphatic hydroxyl groups is 1. The predicted octanol–water partition coefficient (Wildman–Crippen LogP) is 0.991. The van der Waals surface area contributed by atoms with Crippen LogP contribution < -0.4 is 22.2 Å². The Morgan fingerprint density at radius 2 is 1.19 bits per heavy atom. The van der Waals surface area contributed by atoms with E-state index in [1.165, 1.54) is 14.1 Å². The number of Topliss-reactive ketones (excluding diaryl/α,β-unsaturated/α-hetero) is 2. The first-order valence-electron chi connectivity index (χ1n) is 11.1. The SMILES string of the molecule is CCOC(=O)C1CC(=O)C(=C(O)C2CC2)C(=O)C1.Cn1c(=O)c2sc3c(=O)n(C)c(=O)c3sc2c1=O. The molecule has 0 unspecified atom stereocenters. The van der Waals surface area contributed by atoms with Gasteiger partial charge in [0, 0.05) is 32.9 Å². The number of nitrogens with zero attached hydrogens (tertiary/aromatic N) is 2. The van der Waals surface area contributed by atoms with Crippen molar-refractivity contribution in [3.05, 3.63) is 52.7 Å². The summed E-state index contributed by atoms with van der Waals surface area (Å²) in [4.78, 5) is 82.4. The van der Waals surface area contributed by atoms with E-state index in [9.17, 15) is 38.7 Å². The molecule has 0 aromatic carbocycles. The Labute approximate surface area is 210 Å². The molecule has 3 heterocycles. The Balaban J connectivity index is 0.000000169. The van der Waals surface area contributed by atoms with E-state index in [2.05, 4.69) is 0 Å². The van der Waals surface area contributed by atoms with E-state index >= 15 is 0 Å². The summed E-state index contributed by atoms with van der Waals surface area (Å²) in [5.41, 5.74) is -1.77. The summed E-state index contributed by atoms with van der Waals surface area (Å²) in [6, 6.07) is 0. The van der Waals surface area contributed by atoms with Crippen molar-refractivity contribution in [2.75, 3.05) is 6.61 Å². The number of allylic oxidation sites excluding steroid dienone is 2. The van der Waals surface area contributed by atoms with Crippen molar-refractivity contribution in [2.45, 2.75) is 32.6 Å². The summed E-state index contributed by atoms with van der Waals surface area (Å²) in [6.07, 6.45) is 1.54. The fourth-order valence-corrected chi connectivity index (χ4v) is 6.42. The molecule has 2 fully saturated rings. The maximum atomic E-state index is 11.9. The highest BCUT2D eigenvalue weighted by atomic mass is 32.1. The highest BCUT2D eigenvalue weighted by molar-refractivity contribution is 7.36. The van der Waals surface area contributed by atoms with E-state index in [0.29, 0.717) is 0 Å². The number of aliphatic hydroxyl groups excluding tert-OH is 1. The van der Waals surface area contributed by atoms with E-state index in [4.69, 9.17) is 4.74 Å². The van der Waals surface area contributed by atoms with Gasteiger partial charge in [0.25, 0.3) is 22.2 Å². The molecule has 0 aliphatic heterocycles. The van der Waals surface area contributed by atoms with Gasteiger partial charge in [-0.3, -0.25) is 42.7 Å². The molecule has 13 heteroatoms. The molecule has 3 aromatic heterocycles. The van der Waals surface area contributed by atoms with Crippen LogP contribution >= 0.6 is 22.7 Å². The molecule has 0 radical (unpaired) electrons. The second-order valence-electron chi connectivity index (χ2n) is 8.60. The molecular formula is C23H22N2O9S2. The van der Waals surface area contributed by atoms with Crippen molar-refractivity contribution in [3.8, 4) is 0 Å². The van der Waals surface area contributed by atoms with Crippen molar-refractivity contribution in [1.82, 2.24) is 9.13 Å². The molecule has 5 rings (SSSR count). The first kappa shape index (κ1) is 25.6. The van der Waals surface area contributed by atoms with Gasteiger partial charge in [-0.2, -0.15) is 0 Å². The van der Waals surface area contributed by atoms with Gasteiger partial charge in [0.1, 0.15) is 24.6 Å². The molecule has 0 atom stereocenters. The zero-order valence-corrected chi connectivity index (χ0v) is 21.2. The van der Waals surface area contributed by atoms with Crippen LogP contribution in [0.5, 0.6) is 0 Å². The molecule has 36 heavy (non-hydrogen) atoms. The summed E-state index contributed by atoms with van der Waals surface area (Å²) < 4.78 is 7.75. The molecule has 0 bridgehead atoms. The minimum absolute atomic E-state index is 0.0351. The Morgan fingerprint density at radius 1 is 0.806 bits per heavy atom. The summed E-state index contributed by atoms with van der Waals surface area (Å²) in [7, 11) is 2.76. The van der Waals surface area contributed by atoms with E-state index in [1.54, 1.807) is 6.92 Å². The van der Waals surface area contributed by atoms with Crippen molar-refractivity contribution in [1.29, 1.82) is 0 Å². The number of ketones is 2. The van der Waals surface area contributed by atoms with Crippen LogP contribution in [0, 0.1) is 11.8 Å². The Morgan fingerprint density at radius 3 is 1.53 bits per heavy atom. The highest BCUT2D eigenvalue weighted by Crippen LogP contribution is 2.38. The third-order valence-corrected chi connectivity index (χ3v) is 8.67. The van der Waals surface area contributed by atoms with Gasteiger partial charge in [-0.25, -0.2) is 0 Å². The number of aromatic nitrogens is 2. The van der Waals surface area contributed by atoms with Crippen LogP contribution in [-0.2, 0) is 33.2 Å². The highest BCUT2D eigenvalue weighted by Gasteiger charge is 2.40. The standard InChI is InChI=1S/C13H16O5.C10H6N2O4S2/c1-2-18-13(17)8-5-9(14)11(10(15)6-8)12(16)7-3-4-7;1-11-7(13)3-4(8(11)14)18-6-5(17-3)9(15)12(2)10(6)16/h7-8,16H,2-6H2,1H3;1-2H3. The van der Waals surface area contributed by atoms with Gasteiger partial charge < -0.3 is 9.84 Å². The fourth-order valence-electron chi connectivity index (χ4n) is 3.90. The first-order chi connectivity index (χ1) is 17.0.